The van der Waals surface area contributed by atoms with Crippen molar-refractivity contribution in [2.24, 2.45) is 0 Å². The summed E-state index contributed by atoms with van der Waals surface area (Å²) < 4.78 is 0. The molecule has 0 spiro atoms. The normalized spacial score (nSPS) is 16.5. The Hall–Kier alpha value is -1.85. The highest BCUT2D eigenvalue weighted by atomic mass is 35.5. The fourth-order valence-corrected chi connectivity index (χ4v) is 3.04. The number of hydrogen-bond donors (Lipinski definition) is 3. The van der Waals surface area contributed by atoms with Crippen LogP contribution in [0.4, 0.5) is 0 Å². The SMILES string of the molecule is CC(O)(CNC(=O)c1n[nH]c2c1CCCC2)c1ccc(Cl)cc1. The number of aromatic nitrogens is 2. The number of H-pyrrole nitrogens is 1. The van der Waals surface area contributed by atoms with Crippen LogP contribution in [0.1, 0.15) is 47.1 Å². The van der Waals surface area contributed by atoms with Crippen molar-refractivity contribution in [3.05, 3.63) is 51.8 Å². The van der Waals surface area contributed by atoms with Gasteiger partial charge >= 0.3 is 0 Å². The van der Waals surface area contributed by atoms with E-state index in [1.807, 2.05) is 0 Å². The summed E-state index contributed by atoms with van der Waals surface area (Å²) in [5.41, 5.74) is 2.06. The fraction of sp³-hybridized carbons (Fsp3) is 0.412. The number of hydrogen-bond acceptors (Lipinski definition) is 3. The standard InChI is InChI=1S/C17H20ClN3O2/c1-17(23,11-6-8-12(18)9-7-11)10-19-16(22)15-13-4-2-3-5-14(13)20-21-15/h6-9,23H,2-5,10H2,1H3,(H,19,22)(H,20,21). The molecular weight excluding hydrogens is 314 g/mol. The molecule has 5 nitrogen and oxygen atoms in total. The number of fused-ring (bicyclic) bond motifs is 1. The number of benzene rings is 1. The minimum absolute atomic E-state index is 0.106. The molecule has 0 saturated heterocycles. The molecule has 3 rings (SSSR count). The Morgan fingerprint density at radius 3 is 2.78 bits per heavy atom. The number of halogens is 1. The Bertz CT molecular complexity index is 707. The topological polar surface area (TPSA) is 78.0 Å². The lowest BCUT2D eigenvalue weighted by molar-refractivity contribution is 0.0524. The molecule has 1 aliphatic carbocycles. The van der Waals surface area contributed by atoms with Crippen molar-refractivity contribution in [2.75, 3.05) is 6.54 Å². The summed E-state index contributed by atoms with van der Waals surface area (Å²) in [6.45, 7) is 1.77. The van der Waals surface area contributed by atoms with Gasteiger partial charge in [0.05, 0.1) is 6.54 Å². The van der Waals surface area contributed by atoms with E-state index < -0.39 is 5.60 Å². The highest BCUT2D eigenvalue weighted by molar-refractivity contribution is 6.30. The third kappa shape index (κ3) is 3.41. The molecule has 3 N–H and O–H groups in total. The molecule has 0 bridgehead atoms. The monoisotopic (exact) mass is 333 g/mol. The van der Waals surface area contributed by atoms with E-state index in [2.05, 4.69) is 15.5 Å². The lowest BCUT2D eigenvalue weighted by Gasteiger charge is -2.24. The van der Waals surface area contributed by atoms with Gasteiger partial charge in [-0.3, -0.25) is 9.89 Å². The van der Waals surface area contributed by atoms with Crippen LogP contribution in [0.2, 0.25) is 5.02 Å². The second-order valence-corrected chi connectivity index (χ2v) is 6.64. The van der Waals surface area contributed by atoms with Crippen LogP contribution in [0.15, 0.2) is 24.3 Å². The van der Waals surface area contributed by atoms with Gasteiger partial charge in [-0.15, -0.1) is 0 Å². The number of carbonyl (C=O) groups excluding carboxylic acids is 1. The molecule has 1 aromatic heterocycles. The first-order valence-electron chi connectivity index (χ1n) is 7.80. The van der Waals surface area contributed by atoms with E-state index >= 15 is 0 Å². The molecule has 23 heavy (non-hydrogen) atoms. The number of rotatable bonds is 4. The summed E-state index contributed by atoms with van der Waals surface area (Å²) in [5.74, 6) is -0.251. The molecule has 2 aromatic rings. The Kier molecular flexibility index (Phi) is 4.41. The Morgan fingerprint density at radius 2 is 2.04 bits per heavy atom. The number of nitrogens with zero attached hydrogens (tertiary/aromatic N) is 1. The summed E-state index contributed by atoms with van der Waals surface area (Å²) >= 11 is 5.86. The van der Waals surface area contributed by atoms with Crippen molar-refractivity contribution in [1.29, 1.82) is 0 Å². The van der Waals surface area contributed by atoms with E-state index in [1.54, 1.807) is 31.2 Å². The second kappa shape index (κ2) is 6.34. The molecule has 1 amide bonds. The van der Waals surface area contributed by atoms with Gasteiger partial charge in [0.25, 0.3) is 5.91 Å². The molecule has 1 atom stereocenters. The first-order chi connectivity index (χ1) is 11.0. The number of nitrogens with one attached hydrogen (secondary N) is 2. The zero-order valence-corrected chi connectivity index (χ0v) is 13.8. The van der Waals surface area contributed by atoms with Gasteiger partial charge < -0.3 is 10.4 Å². The van der Waals surface area contributed by atoms with Crippen LogP contribution in [0.3, 0.4) is 0 Å². The quantitative estimate of drug-likeness (QED) is 0.804. The predicted octanol–water partition coefficient (Wildman–Crippen LogP) is 2.58. The van der Waals surface area contributed by atoms with Crippen molar-refractivity contribution in [3.8, 4) is 0 Å². The molecular formula is C17H20ClN3O2. The maximum atomic E-state index is 12.4. The van der Waals surface area contributed by atoms with Crippen molar-refractivity contribution in [2.45, 2.75) is 38.2 Å². The largest absolute Gasteiger partial charge is 0.384 e. The third-order valence-corrected chi connectivity index (χ3v) is 4.58. The van der Waals surface area contributed by atoms with Crippen LogP contribution in [-0.4, -0.2) is 27.8 Å². The average Bonchev–Trinajstić information content (AvgIpc) is 2.97. The van der Waals surface area contributed by atoms with Gasteiger partial charge in [-0.2, -0.15) is 5.10 Å². The van der Waals surface area contributed by atoms with E-state index in [1.165, 1.54) is 0 Å². The van der Waals surface area contributed by atoms with Crippen molar-refractivity contribution >= 4 is 17.5 Å². The summed E-state index contributed by atoms with van der Waals surface area (Å²) in [4.78, 5) is 12.4. The Morgan fingerprint density at radius 1 is 1.35 bits per heavy atom. The van der Waals surface area contributed by atoms with E-state index in [0.29, 0.717) is 16.3 Å². The second-order valence-electron chi connectivity index (χ2n) is 6.20. The third-order valence-electron chi connectivity index (χ3n) is 4.33. The molecule has 0 aliphatic heterocycles. The lowest BCUT2D eigenvalue weighted by Crippen LogP contribution is -2.39. The molecule has 1 heterocycles. The van der Waals surface area contributed by atoms with Crippen LogP contribution in [0.5, 0.6) is 0 Å². The van der Waals surface area contributed by atoms with Gasteiger partial charge in [0, 0.05) is 16.3 Å². The van der Waals surface area contributed by atoms with Crippen LogP contribution < -0.4 is 5.32 Å². The maximum Gasteiger partial charge on any atom is 0.272 e. The highest BCUT2D eigenvalue weighted by Gasteiger charge is 2.26. The smallest absolute Gasteiger partial charge is 0.272 e. The number of aliphatic hydroxyl groups is 1. The van der Waals surface area contributed by atoms with E-state index in [4.69, 9.17) is 11.6 Å². The number of amides is 1. The lowest BCUT2D eigenvalue weighted by atomic mass is 9.94. The average molecular weight is 334 g/mol. The van der Waals surface area contributed by atoms with E-state index in [9.17, 15) is 9.90 Å². The maximum absolute atomic E-state index is 12.4. The molecule has 1 aromatic carbocycles. The van der Waals surface area contributed by atoms with Crippen LogP contribution in [-0.2, 0) is 18.4 Å². The summed E-state index contributed by atoms with van der Waals surface area (Å²) in [7, 11) is 0. The van der Waals surface area contributed by atoms with Gasteiger partial charge in [0.1, 0.15) is 5.60 Å². The molecule has 0 saturated carbocycles. The van der Waals surface area contributed by atoms with Gasteiger partial charge in [-0.25, -0.2) is 0 Å². The first kappa shape index (κ1) is 16.0. The number of aryl methyl sites for hydroxylation is 1. The zero-order valence-electron chi connectivity index (χ0n) is 13.0. The summed E-state index contributed by atoms with van der Waals surface area (Å²) in [6.07, 6.45) is 4.02. The van der Waals surface area contributed by atoms with E-state index in [0.717, 1.165) is 36.9 Å². The molecule has 0 fully saturated rings. The van der Waals surface area contributed by atoms with Crippen molar-refractivity contribution < 1.29 is 9.90 Å². The fourth-order valence-electron chi connectivity index (χ4n) is 2.92. The molecule has 122 valence electrons. The van der Waals surface area contributed by atoms with Gasteiger partial charge in [-0.1, -0.05) is 23.7 Å². The Balaban J connectivity index is 1.68. The number of carbonyl (C=O) groups is 1. The van der Waals surface area contributed by atoms with Crippen LogP contribution in [0, 0.1) is 0 Å². The minimum atomic E-state index is -1.17. The number of aromatic amines is 1. The zero-order chi connectivity index (χ0) is 16.4. The summed E-state index contributed by atoms with van der Waals surface area (Å²) in [6, 6.07) is 6.95. The van der Waals surface area contributed by atoms with Gasteiger partial charge in [-0.05, 0) is 50.3 Å². The minimum Gasteiger partial charge on any atom is -0.384 e. The van der Waals surface area contributed by atoms with Crippen molar-refractivity contribution in [1.82, 2.24) is 15.5 Å². The predicted molar refractivity (Wildman–Crippen MR) is 88.6 cm³/mol. The first-order valence-corrected chi connectivity index (χ1v) is 8.18. The van der Waals surface area contributed by atoms with E-state index in [-0.39, 0.29) is 12.5 Å². The molecule has 6 heteroatoms. The van der Waals surface area contributed by atoms with Crippen LogP contribution in [0.25, 0.3) is 0 Å². The Labute approximate surface area is 140 Å². The van der Waals surface area contributed by atoms with Crippen LogP contribution >= 0.6 is 11.6 Å². The molecule has 1 unspecified atom stereocenters. The van der Waals surface area contributed by atoms with Gasteiger partial charge in [0.15, 0.2) is 5.69 Å². The highest BCUT2D eigenvalue weighted by Crippen LogP contribution is 2.24. The summed E-state index contributed by atoms with van der Waals surface area (Å²) in [5, 5.41) is 21.1. The molecule has 1 aliphatic rings. The van der Waals surface area contributed by atoms with Gasteiger partial charge in [0.2, 0.25) is 0 Å². The molecule has 0 radical (unpaired) electrons. The van der Waals surface area contributed by atoms with Crippen molar-refractivity contribution in [3.63, 3.8) is 0 Å².